The standard InChI is InChI=1S/C27H35N9O4/c1-33-13-18(14-33)40-27(37)31-20-4-3-19(23-24(20)39-16-38-23)22-21-25(28)29-15-30-26(21)36(32-22)12-11-34-9-5-17(6-10-34)35-7-2-8-35/h3-4,15,17-18H,2,5-14,16H2,1H3,(H,31,37)(H2,28,29,30). The Morgan fingerprint density at radius 2 is 1.90 bits per heavy atom. The van der Waals surface area contributed by atoms with Gasteiger partial charge in [-0.25, -0.2) is 19.4 Å². The van der Waals surface area contributed by atoms with E-state index in [0.717, 1.165) is 38.8 Å². The first kappa shape index (κ1) is 25.3. The molecule has 13 heteroatoms. The Bertz CT molecular complexity index is 1410. The average Bonchev–Trinajstić information content (AvgIpc) is 3.53. The summed E-state index contributed by atoms with van der Waals surface area (Å²) >= 11 is 0. The van der Waals surface area contributed by atoms with Crippen molar-refractivity contribution >= 4 is 28.6 Å². The molecule has 40 heavy (non-hydrogen) atoms. The number of benzene rings is 1. The van der Waals surface area contributed by atoms with Crippen LogP contribution in [0.3, 0.4) is 0 Å². The molecule has 0 radical (unpaired) electrons. The Morgan fingerprint density at radius 3 is 2.65 bits per heavy atom. The van der Waals surface area contributed by atoms with E-state index in [1.165, 1.54) is 38.7 Å². The topological polar surface area (TPSA) is 136 Å². The first-order valence-electron chi connectivity index (χ1n) is 14.1. The molecule has 0 atom stereocenters. The van der Waals surface area contributed by atoms with Gasteiger partial charge in [-0.05, 0) is 64.6 Å². The van der Waals surface area contributed by atoms with E-state index in [-0.39, 0.29) is 12.9 Å². The second kappa shape index (κ2) is 10.4. The number of piperidine rings is 1. The number of fused-ring (bicyclic) bond motifs is 2. The van der Waals surface area contributed by atoms with Crippen molar-refractivity contribution in [3.05, 3.63) is 18.5 Å². The highest BCUT2D eigenvalue weighted by Gasteiger charge is 2.31. The number of likely N-dealkylation sites (tertiary alicyclic amines) is 3. The van der Waals surface area contributed by atoms with Gasteiger partial charge < -0.3 is 29.7 Å². The van der Waals surface area contributed by atoms with Crippen LogP contribution in [0.25, 0.3) is 22.3 Å². The van der Waals surface area contributed by atoms with Crippen molar-refractivity contribution in [1.82, 2.24) is 34.4 Å². The normalized spacial score (nSPS) is 20.4. The number of carbonyl (C=O) groups is 1. The molecule has 13 nitrogen and oxygen atoms in total. The number of likely N-dealkylation sites (N-methyl/N-ethyl adjacent to an activating group) is 1. The maximum Gasteiger partial charge on any atom is 0.412 e. The number of nitrogens with two attached hydrogens (primary N) is 1. The van der Waals surface area contributed by atoms with Crippen LogP contribution >= 0.6 is 0 Å². The number of amides is 1. The Kier molecular flexibility index (Phi) is 6.56. The van der Waals surface area contributed by atoms with Gasteiger partial charge in [0.15, 0.2) is 17.1 Å². The minimum absolute atomic E-state index is 0.0293. The molecule has 3 fully saturated rings. The molecule has 1 aromatic carbocycles. The van der Waals surface area contributed by atoms with Crippen molar-refractivity contribution in [3.63, 3.8) is 0 Å². The van der Waals surface area contributed by atoms with Gasteiger partial charge in [0, 0.05) is 31.2 Å². The lowest BCUT2D eigenvalue weighted by molar-refractivity contribution is 0.00680. The average molecular weight is 550 g/mol. The number of anilines is 2. The van der Waals surface area contributed by atoms with E-state index < -0.39 is 6.09 Å². The number of ether oxygens (including phenoxy) is 3. The van der Waals surface area contributed by atoms with Crippen LogP contribution in [0, 0.1) is 0 Å². The summed E-state index contributed by atoms with van der Waals surface area (Å²) in [6.07, 6.45) is 4.61. The molecule has 3 N–H and O–H groups in total. The third-order valence-corrected chi connectivity index (χ3v) is 8.47. The van der Waals surface area contributed by atoms with Gasteiger partial charge in [0.05, 0.1) is 17.6 Å². The summed E-state index contributed by atoms with van der Waals surface area (Å²) in [5.41, 5.74) is 8.84. The van der Waals surface area contributed by atoms with Crippen LogP contribution in [-0.2, 0) is 11.3 Å². The summed E-state index contributed by atoms with van der Waals surface area (Å²) in [7, 11) is 1.98. The van der Waals surface area contributed by atoms with Crippen LogP contribution in [0.15, 0.2) is 18.5 Å². The Balaban J connectivity index is 1.11. The minimum atomic E-state index is -0.523. The first-order valence-corrected chi connectivity index (χ1v) is 14.1. The molecule has 212 valence electrons. The zero-order valence-electron chi connectivity index (χ0n) is 22.7. The molecular formula is C27H35N9O4. The van der Waals surface area contributed by atoms with Crippen LogP contribution in [0.1, 0.15) is 19.3 Å². The monoisotopic (exact) mass is 549 g/mol. The van der Waals surface area contributed by atoms with E-state index in [0.29, 0.717) is 51.8 Å². The zero-order valence-corrected chi connectivity index (χ0v) is 22.7. The summed E-state index contributed by atoms with van der Waals surface area (Å²) in [4.78, 5) is 28.4. The van der Waals surface area contributed by atoms with Crippen LogP contribution in [0.4, 0.5) is 16.3 Å². The molecule has 3 aromatic rings. The van der Waals surface area contributed by atoms with E-state index in [1.807, 2.05) is 17.8 Å². The molecule has 0 bridgehead atoms. The Hall–Kier alpha value is -3.68. The van der Waals surface area contributed by atoms with Gasteiger partial charge in [0.2, 0.25) is 6.79 Å². The van der Waals surface area contributed by atoms with Crippen molar-refractivity contribution in [2.75, 3.05) is 70.7 Å². The summed E-state index contributed by atoms with van der Waals surface area (Å²) in [6, 6.07) is 4.35. The fourth-order valence-electron chi connectivity index (χ4n) is 6.11. The summed E-state index contributed by atoms with van der Waals surface area (Å²) < 4.78 is 19.0. The lowest BCUT2D eigenvalue weighted by Gasteiger charge is -2.43. The van der Waals surface area contributed by atoms with Gasteiger partial charge in [0.25, 0.3) is 0 Å². The number of aromatic nitrogens is 4. The van der Waals surface area contributed by atoms with Gasteiger partial charge in [-0.15, -0.1) is 0 Å². The number of nitrogen functional groups attached to an aromatic ring is 1. The summed E-state index contributed by atoms with van der Waals surface area (Å²) in [6.45, 7) is 7.74. The van der Waals surface area contributed by atoms with Gasteiger partial charge in [-0.3, -0.25) is 10.2 Å². The number of rotatable bonds is 7. The van der Waals surface area contributed by atoms with Crippen LogP contribution in [0.2, 0.25) is 0 Å². The van der Waals surface area contributed by atoms with E-state index in [1.54, 1.807) is 6.07 Å². The smallest absolute Gasteiger partial charge is 0.412 e. The van der Waals surface area contributed by atoms with E-state index in [2.05, 4.69) is 30.0 Å². The number of carbonyl (C=O) groups excluding carboxylic acids is 1. The Morgan fingerprint density at radius 1 is 1.10 bits per heavy atom. The highest BCUT2D eigenvalue weighted by molar-refractivity contribution is 6.01. The fourth-order valence-corrected chi connectivity index (χ4v) is 6.11. The predicted molar refractivity (Wildman–Crippen MR) is 148 cm³/mol. The maximum absolute atomic E-state index is 12.5. The molecule has 0 unspecified atom stereocenters. The van der Waals surface area contributed by atoms with Gasteiger partial charge in [-0.1, -0.05) is 0 Å². The highest BCUT2D eigenvalue weighted by atomic mass is 16.7. The van der Waals surface area contributed by atoms with Gasteiger partial charge >= 0.3 is 6.09 Å². The number of nitrogens with zero attached hydrogens (tertiary/aromatic N) is 7. The molecule has 0 spiro atoms. The lowest BCUT2D eigenvalue weighted by atomic mass is 10.00. The molecule has 1 amide bonds. The first-order chi connectivity index (χ1) is 19.5. The molecule has 7 rings (SSSR count). The van der Waals surface area contributed by atoms with Crippen LogP contribution in [0.5, 0.6) is 11.5 Å². The Labute approximate surface area is 232 Å². The number of hydrogen-bond donors (Lipinski definition) is 2. The third kappa shape index (κ3) is 4.67. The summed E-state index contributed by atoms with van der Waals surface area (Å²) in [5, 5.41) is 8.42. The molecule has 3 saturated heterocycles. The van der Waals surface area contributed by atoms with Crippen molar-refractivity contribution in [1.29, 1.82) is 0 Å². The second-order valence-electron chi connectivity index (χ2n) is 11.1. The highest BCUT2D eigenvalue weighted by Crippen LogP contribution is 2.47. The SMILES string of the molecule is CN1CC(OC(=O)Nc2ccc(-c3nn(CCN4CCC(N5CCC5)CC4)c4ncnc(N)c34)c3c2OCO3)C1. The maximum atomic E-state index is 12.5. The fraction of sp³-hybridized carbons (Fsp3) is 0.556. The van der Waals surface area contributed by atoms with Gasteiger partial charge in [0.1, 0.15) is 23.9 Å². The third-order valence-electron chi connectivity index (χ3n) is 8.47. The van der Waals surface area contributed by atoms with Crippen molar-refractivity contribution < 1.29 is 19.0 Å². The van der Waals surface area contributed by atoms with Crippen LogP contribution in [-0.4, -0.2) is 112 Å². The van der Waals surface area contributed by atoms with Crippen molar-refractivity contribution in [3.8, 4) is 22.8 Å². The summed E-state index contributed by atoms with van der Waals surface area (Å²) in [5.74, 6) is 1.28. The number of hydrogen-bond acceptors (Lipinski definition) is 11. The second-order valence-corrected chi connectivity index (χ2v) is 11.1. The van der Waals surface area contributed by atoms with Crippen molar-refractivity contribution in [2.45, 2.75) is 38.0 Å². The molecule has 4 aliphatic heterocycles. The quantitative estimate of drug-likeness (QED) is 0.447. The number of nitrogens with one attached hydrogen (secondary N) is 1. The molecule has 2 aromatic heterocycles. The largest absolute Gasteiger partial charge is 0.453 e. The zero-order chi connectivity index (χ0) is 27.2. The van der Waals surface area contributed by atoms with E-state index in [9.17, 15) is 4.79 Å². The van der Waals surface area contributed by atoms with E-state index >= 15 is 0 Å². The molecule has 6 heterocycles. The molecule has 0 saturated carbocycles. The lowest BCUT2D eigenvalue weighted by Crippen LogP contribution is -2.50. The predicted octanol–water partition coefficient (Wildman–Crippen LogP) is 1.84. The van der Waals surface area contributed by atoms with Crippen molar-refractivity contribution in [2.24, 2.45) is 0 Å². The van der Waals surface area contributed by atoms with E-state index in [4.69, 9.17) is 25.0 Å². The van der Waals surface area contributed by atoms with Gasteiger partial charge in [-0.2, -0.15) is 5.10 Å². The molecule has 0 aliphatic carbocycles. The van der Waals surface area contributed by atoms with Crippen LogP contribution < -0.4 is 20.5 Å². The molecule has 4 aliphatic rings. The molecular weight excluding hydrogens is 514 g/mol. The minimum Gasteiger partial charge on any atom is -0.453 e.